The van der Waals surface area contributed by atoms with Crippen LogP contribution in [0, 0.1) is 0 Å². The van der Waals surface area contributed by atoms with Crippen molar-refractivity contribution in [2.75, 3.05) is 13.1 Å². The van der Waals surface area contributed by atoms with E-state index in [0.29, 0.717) is 32.0 Å². The molecule has 0 radical (unpaired) electrons. The molecule has 1 aliphatic heterocycles. The molecule has 3 N–H and O–H groups in total. The minimum Gasteiger partial charge on any atom is -0.478 e. The van der Waals surface area contributed by atoms with Gasteiger partial charge in [0.15, 0.2) is 0 Å². The minimum atomic E-state index is -4.94. The first-order valence-corrected chi connectivity index (χ1v) is 10.4. The van der Waals surface area contributed by atoms with Crippen molar-refractivity contribution >= 4 is 16.0 Å². The minimum absolute atomic E-state index is 0.100. The number of halogens is 3. The van der Waals surface area contributed by atoms with Gasteiger partial charge in [0.25, 0.3) is 0 Å². The molecule has 10 heteroatoms. The van der Waals surface area contributed by atoms with Crippen LogP contribution in [-0.2, 0) is 16.2 Å². The zero-order chi connectivity index (χ0) is 21.2. The van der Waals surface area contributed by atoms with Crippen molar-refractivity contribution < 1.29 is 31.5 Å². The van der Waals surface area contributed by atoms with Crippen molar-refractivity contribution in [1.82, 2.24) is 10.0 Å². The number of rotatable bonds is 5. The van der Waals surface area contributed by atoms with E-state index in [0.717, 1.165) is 6.07 Å². The molecule has 1 heterocycles. The first kappa shape index (κ1) is 21.3. The summed E-state index contributed by atoms with van der Waals surface area (Å²) >= 11 is 0. The molecule has 0 amide bonds. The molecule has 0 atom stereocenters. The Morgan fingerprint density at radius 1 is 1.03 bits per heavy atom. The number of piperidine rings is 1. The third kappa shape index (κ3) is 4.60. The molecule has 6 nitrogen and oxygen atoms in total. The Hall–Kier alpha value is -2.43. The van der Waals surface area contributed by atoms with E-state index < -0.39 is 38.7 Å². The summed E-state index contributed by atoms with van der Waals surface area (Å²) in [5, 5.41) is 12.5. The van der Waals surface area contributed by atoms with Crippen LogP contribution >= 0.6 is 0 Å². The molecule has 0 saturated carbocycles. The van der Waals surface area contributed by atoms with E-state index in [2.05, 4.69) is 10.0 Å². The highest BCUT2D eigenvalue weighted by Gasteiger charge is 2.40. The van der Waals surface area contributed by atoms with Gasteiger partial charge >= 0.3 is 12.1 Å². The van der Waals surface area contributed by atoms with Crippen LogP contribution in [0.25, 0.3) is 11.1 Å². The van der Waals surface area contributed by atoms with Gasteiger partial charge in [0.05, 0.1) is 11.1 Å². The number of sulfonamides is 1. The number of carboxylic acids is 1. The maximum Gasteiger partial charge on any atom is 0.417 e. The van der Waals surface area contributed by atoms with Gasteiger partial charge in [0.2, 0.25) is 10.0 Å². The van der Waals surface area contributed by atoms with Crippen LogP contribution in [0.4, 0.5) is 13.2 Å². The lowest BCUT2D eigenvalue weighted by molar-refractivity contribution is -0.139. The Morgan fingerprint density at radius 3 is 2.28 bits per heavy atom. The molecule has 2 aromatic carbocycles. The molecule has 29 heavy (non-hydrogen) atoms. The van der Waals surface area contributed by atoms with Gasteiger partial charge in [-0.2, -0.15) is 13.2 Å². The first-order chi connectivity index (χ1) is 13.6. The van der Waals surface area contributed by atoms with Crippen molar-refractivity contribution in [3.63, 3.8) is 0 Å². The van der Waals surface area contributed by atoms with Crippen LogP contribution in [0.3, 0.4) is 0 Å². The molecule has 1 saturated heterocycles. The highest BCUT2D eigenvalue weighted by Crippen LogP contribution is 2.40. The van der Waals surface area contributed by atoms with Crippen molar-refractivity contribution in [2.45, 2.75) is 30.0 Å². The van der Waals surface area contributed by atoms with Crippen molar-refractivity contribution in [3.05, 3.63) is 53.6 Å². The largest absolute Gasteiger partial charge is 0.478 e. The van der Waals surface area contributed by atoms with Crippen molar-refractivity contribution in [2.24, 2.45) is 0 Å². The number of hydrogen-bond acceptors (Lipinski definition) is 4. The van der Waals surface area contributed by atoms with Crippen LogP contribution in [0.2, 0.25) is 0 Å². The summed E-state index contributed by atoms with van der Waals surface area (Å²) in [6.45, 7) is 1.09. The Balaban J connectivity index is 2.23. The number of hydrogen-bond donors (Lipinski definition) is 3. The molecule has 0 bridgehead atoms. The number of alkyl halides is 3. The van der Waals surface area contributed by atoms with Crippen molar-refractivity contribution in [1.29, 1.82) is 0 Å². The molecule has 1 fully saturated rings. The summed E-state index contributed by atoms with van der Waals surface area (Å²) in [5.74, 6) is -1.37. The lowest BCUT2D eigenvalue weighted by Gasteiger charge is -2.25. The lowest BCUT2D eigenvalue weighted by atomic mass is 9.98. The average Bonchev–Trinajstić information content (AvgIpc) is 2.67. The summed E-state index contributed by atoms with van der Waals surface area (Å²) < 4.78 is 69.6. The Morgan fingerprint density at radius 2 is 1.66 bits per heavy atom. The van der Waals surface area contributed by atoms with Gasteiger partial charge in [0, 0.05) is 11.6 Å². The van der Waals surface area contributed by atoms with Crippen molar-refractivity contribution in [3.8, 4) is 11.1 Å². The van der Waals surface area contributed by atoms with Gasteiger partial charge in [-0.3, -0.25) is 0 Å². The second-order valence-electron chi connectivity index (χ2n) is 6.68. The van der Waals surface area contributed by atoms with Gasteiger partial charge in [-0.1, -0.05) is 30.3 Å². The van der Waals surface area contributed by atoms with E-state index in [4.69, 9.17) is 0 Å². The zero-order valence-electron chi connectivity index (χ0n) is 15.2. The maximum absolute atomic E-state index is 13.7. The standard InChI is InChI=1S/C19H19F3N2O4S/c20-19(21,22)16-7-3-6-14(13-4-1-2-5-15(13)18(25)26)17(16)29(27,28)24-12-8-10-23-11-9-12/h1-7,12,23-24H,8-11H2,(H,25,26). The molecule has 0 aromatic heterocycles. The van der Waals surface area contributed by atoms with Gasteiger partial charge in [-0.15, -0.1) is 0 Å². The van der Waals surface area contributed by atoms with Crippen LogP contribution in [0.5, 0.6) is 0 Å². The van der Waals surface area contributed by atoms with E-state index >= 15 is 0 Å². The molecule has 1 aliphatic rings. The fourth-order valence-corrected chi connectivity index (χ4v) is 5.12. The van der Waals surface area contributed by atoms with Crippen LogP contribution in [0.1, 0.15) is 28.8 Å². The van der Waals surface area contributed by atoms with Crippen LogP contribution < -0.4 is 10.0 Å². The Kier molecular flexibility index (Phi) is 5.97. The van der Waals surface area contributed by atoms with E-state index in [9.17, 15) is 31.5 Å². The van der Waals surface area contributed by atoms with Gasteiger partial charge in [-0.05, 0) is 43.6 Å². The Labute approximate surface area is 165 Å². The van der Waals surface area contributed by atoms with E-state index in [-0.39, 0.29) is 16.7 Å². The quantitative estimate of drug-likeness (QED) is 0.680. The van der Waals surface area contributed by atoms with Crippen LogP contribution in [-0.4, -0.2) is 38.6 Å². The Bertz CT molecular complexity index is 1020. The predicted molar refractivity (Wildman–Crippen MR) is 100 cm³/mol. The summed E-state index contributed by atoms with van der Waals surface area (Å²) in [6.07, 6.45) is -4.06. The van der Waals surface area contributed by atoms with E-state index in [1.54, 1.807) is 0 Å². The van der Waals surface area contributed by atoms with E-state index in [1.807, 2.05) is 0 Å². The topological polar surface area (TPSA) is 95.5 Å². The first-order valence-electron chi connectivity index (χ1n) is 8.87. The van der Waals surface area contributed by atoms with Gasteiger partial charge < -0.3 is 10.4 Å². The number of carboxylic acid groups (broad SMARTS) is 1. The van der Waals surface area contributed by atoms with E-state index in [1.165, 1.54) is 30.3 Å². The third-order valence-electron chi connectivity index (χ3n) is 4.70. The fraction of sp³-hybridized carbons (Fsp3) is 0.316. The molecule has 156 valence electrons. The molecular formula is C19H19F3N2O4S. The lowest BCUT2D eigenvalue weighted by Crippen LogP contribution is -2.43. The molecule has 0 aliphatic carbocycles. The molecule has 0 spiro atoms. The average molecular weight is 428 g/mol. The second kappa shape index (κ2) is 8.13. The second-order valence-corrected chi connectivity index (χ2v) is 8.33. The molecular weight excluding hydrogens is 409 g/mol. The molecule has 0 unspecified atom stereocenters. The number of nitrogens with one attached hydrogen (secondary N) is 2. The zero-order valence-corrected chi connectivity index (χ0v) is 16.0. The predicted octanol–water partition coefficient (Wildman–Crippen LogP) is 3.10. The van der Waals surface area contributed by atoms with Gasteiger partial charge in [-0.25, -0.2) is 17.9 Å². The number of carbonyl (C=O) groups is 1. The highest BCUT2D eigenvalue weighted by atomic mass is 32.2. The maximum atomic E-state index is 13.7. The normalized spacial score (nSPS) is 16.0. The SMILES string of the molecule is O=C(O)c1ccccc1-c1cccc(C(F)(F)F)c1S(=O)(=O)NC1CCNCC1. The number of aromatic carboxylic acids is 1. The monoisotopic (exact) mass is 428 g/mol. The number of benzene rings is 2. The fourth-order valence-electron chi connectivity index (χ4n) is 3.38. The van der Waals surface area contributed by atoms with Gasteiger partial charge in [0.1, 0.15) is 4.90 Å². The summed E-state index contributed by atoms with van der Waals surface area (Å²) in [7, 11) is -4.59. The smallest absolute Gasteiger partial charge is 0.417 e. The van der Waals surface area contributed by atoms with Crippen LogP contribution in [0.15, 0.2) is 47.4 Å². The third-order valence-corrected chi connectivity index (χ3v) is 6.32. The highest BCUT2D eigenvalue weighted by molar-refractivity contribution is 7.89. The summed E-state index contributed by atoms with van der Waals surface area (Å²) in [6, 6.07) is 7.81. The molecule has 3 rings (SSSR count). The summed E-state index contributed by atoms with van der Waals surface area (Å²) in [5.41, 5.74) is -2.03. The summed E-state index contributed by atoms with van der Waals surface area (Å²) in [4.78, 5) is 10.6. The molecule has 2 aromatic rings.